The summed E-state index contributed by atoms with van der Waals surface area (Å²) in [5.41, 5.74) is 4.94. The van der Waals surface area contributed by atoms with E-state index in [2.05, 4.69) is 51.5 Å². The maximum Gasteiger partial charge on any atom is 0.226 e. The molecule has 2 aromatic carbocycles. The lowest BCUT2D eigenvalue weighted by Gasteiger charge is -2.10. The van der Waals surface area contributed by atoms with Gasteiger partial charge in [0.25, 0.3) is 0 Å². The van der Waals surface area contributed by atoms with Gasteiger partial charge in [-0.05, 0) is 26.0 Å². The molecule has 0 aliphatic carbocycles. The first-order valence-corrected chi connectivity index (χ1v) is 9.72. The molecule has 1 unspecified atom stereocenters. The lowest BCUT2D eigenvalue weighted by Crippen LogP contribution is -2.28. The summed E-state index contributed by atoms with van der Waals surface area (Å²) in [5.74, 6) is 0.687. The molecular weight excluding hydrogens is 356 g/mol. The number of rotatable bonds is 5. The van der Waals surface area contributed by atoms with Gasteiger partial charge in [-0.3, -0.25) is 4.79 Å². The van der Waals surface area contributed by atoms with E-state index >= 15 is 0 Å². The predicted molar refractivity (Wildman–Crippen MR) is 109 cm³/mol. The highest BCUT2D eigenvalue weighted by Crippen LogP contribution is 2.24. The largest absolute Gasteiger partial charge is 0.346 e. The number of nitrogens with zero attached hydrogens (tertiary/aromatic N) is 2. The van der Waals surface area contributed by atoms with Gasteiger partial charge in [-0.25, -0.2) is 9.97 Å². The van der Waals surface area contributed by atoms with Gasteiger partial charge in [-0.1, -0.05) is 42.0 Å². The number of carbonyl (C=O) groups is 1. The number of nitrogens with one attached hydrogen (secondary N) is 2. The van der Waals surface area contributed by atoms with Gasteiger partial charge in [0.1, 0.15) is 10.8 Å². The van der Waals surface area contributed by atoms with E-state index in [0.717, 1.165) is 33.1 Å². The predicted octanol–water partition coefficient (Wildman–Crippen LogP) is 4.41. The highest BCUT2D eigenvalue weighted by Gasteiger charge is 2.15. The summed E-state index contributed by atoms with van der Waals surface area (Å²) in [6.07, 6.45) is 0.257. The van der Waals surface area contributed by atoms with Gasteiger partial charge in [-0.15, -0.1) is 11.3 Å². The van der Waals surface area contributed by atoms with E-state index in [1.807, 2.05) is 36.6 Å². The second kappa shape index (κ2) is 7.32. The van der Waals surface area contributed by atoms with E-state index in [1.54, 1.807) is 11.3 Å². The SMILES string of the molecule is Cc1ccc(-c2nc(CC(=O)NC(C)c3nc4ccccc4[nH]3)cs2)cc1. The quantitative estimate of drug-likeness (QED) is 0.542. The van der Waals surface area contributed by atoms with Crippen LogP contribution in [0.15, 0.2) is 53.9 Å². The summed E-state index contributed by atoms with van der Waals surface area (Å²) in [7, 11) is 0. The number of imidazole rings is 1. The Bertz CT molecular complexity index is 1050. The van der Waals surface area contributed by atoms with Crippen LogP contribution in [0.25, 0.3) is 21.6 Å². The molecule has 0 bridgehead atoms. The number of hydrogen-bond donors (Lipinski definition) is 2. The third-order valence-electron chi connectivity index (χ3n) is 4.39. The van der Waals surface area contributed by atoms with E-state index in [9.17, 15) is 4.79 Å². The second-order valence-corrected chi connectivity index (χ2v) is 7.47. The first-order chi connectivity index (χ1) is 13.1. The van der Waals surface area contributed by atoms with Crippen molar-refractivity contribution in [3.05, 3.63) is 71.0 Å². The number of benzene rings is 2. The van der Waals surface area contributed by atoms with E-state index in [4.69, 9.17) is 0 Å². The Balaban J connectivity index is 1.41. The number of thiazole rings is 1. The molecule has 1 atom stereocenters. The van der Waals surface area contributed by atoms with Crippen LogP contribution in [0.5, 0.6) is 0 Å². The molecule has 0 spiro atoms. The van der Waals surface area contributed by atoms with Crippen LogP contribution in [-0.4, -0.2) is 20.9 Å². The Hall–Kier alpha value is -2.99. The van der Waals surface area contributed by atoms with Gasteiger partial charge in [0.2, 0.25) is 5.91 Å². The van der Waals surface area contributed by atoms with Crippen LogP contribution < -0.4 is 5.32 Å². The molecule has 0 saturated carbocycles. The third kappa shape index (κ3) is 3.90. The van der Waals surface area contributed by atoms with Gasteiger partial charge in [-0.2, -0.15) is 0 Å². The molecule has 6 heteroatoms. The lowest BCUT2D eigenvalue weighted by atomic mass is 10.2. The molecule has 0 fully saturated rings. The first kappa shape index (κ1) is 17.4. The topological polar surface area (TPSA) is 70.7 Å². The normalized spacial score (nSPS) is 12.2. The zero-order valence-corrected chi connectivity index (χ0v) is 16.0. The molecule has 4 aromatic rings. The van der Waals surface area contributed by atoms with Crippen LogP contribution in [0.3, 0.4) is 0 Å². The fourth-order valence-electron chi connectivity index (χ4n) is 2.92. The molecule has 136 valence electrons. The van der Waals surface area contributed by atoms with Gasteiger partial charge in [0, 0.05) is 10.9 Å². The van der Waals surface area contributed by atoms with Crippen molar-refractivity contribution in [1.82, 2.24) is 20.3 Å². The number of aromatic amines is 1. The van der Waals surface area contributed by atoms with Crippen LogP contribution in [0.4, 0.5) is 0 Å². The average molecular weight is 376 g/mol. The van der Waals surface area contributed by atoms with Crippen LogP contribution >= 0.6 is 11.3 Å². The molecule has 0 radical (unpaired) electrons. The smallest absolute Gasteiger partial charge is 0.226 e. The summed E-state index contributed by atoms with van der Waals surface area (Å²) in [6.45, 7) is 3.99. The molecule has 2 aromatic heterocycles. The lowest BCUT2D eigenvalue weighted by molar-refractivity contribution is -0.121. The fourth-order valence-corrected chi connectivity index (χ4v) is 3.75. The molecule has 0 saturated heterocycles. The van der Waals surface area contributed by atoms with Crippen LogP contribution in [0.1, 0.15) is 30.0 Å². The maximum atomic E-state index is 12.4. The van der Waals surface area contributed by atoms with Gasteiger partial charge in [0.05, 0.1) is 29.2 Å². The fraction of sp³-hybridized carbons (Fsp3) is 0.190. The second-order valence-electron chi connectivity index (χ2n) is 6.62. The number of aryl methyl sites for hydroxylation is 1. The standard InChI is InChI=1S/C21H20N4OS/c1-13-7-9-15(10-8-13)21-23-16(12-27-21)11-19(26)22-14(2)20-24-17-5-3-4-6-18(17)25-20/h3-10,12,14H,11H2,1-2H3,(H,22,26)(H,24,25). The molecule has 4 rings (SSSR count). The summed E-state index contributed by atoms with van der Waals surface area (Å²) in [5, 5.41) is 5.87. The number of fused-ring (bicyclic) bond motifs is 1. The van der Waals surface area contributed by atoms with Crippen LogP contribution in [0.2, 0.25) is 0 Å². The Morgan fingerprint density at radius 1 is 1.15 bits per heavy atom. The Morgan fingerprint density at radius 3 is 2.70 bits per heavy atom. The minimum absolute atomic E-state index is 0.0660. The van der Waals surface area contributed by atoms with Crippen LogP contribution in [0, 0.1) is 6.92 Å². The Morgan fingerprint density at radius 2 is 1.93 bits per heavy atom. The minimum Gasteiger partial charge on any atom is -0.346 e. The zero-order valence-electron chi connectivity index (χ0n) is 15.2. The van der Waals surface area contributed by atoms with E-state index in [1.165, 1.54) is 5.56 Å². The van der Waals surface area contributed by atoms with Gasteiger partial charge >= 0.3 is 0 Å². The van der Waals surface area contributed by atoms with E-state index in [-0.39, 0.29) is 18.4 Å². The first-order valence-electron chi connectivity index (χ1n) is 8.84. The Kier molecular flexibility index (Phi) is 4.73. The zero-order chi connectivity index (χ0) is 18.8. The molecule has 0 aliphatic rings. The van der Waals surface area contributed by atoms with Crippen molar-refractivity contribution >= 4 is 28.3 Å². The van der Waals surface area contributed by atoms with E-state index < -0.39 is 0 Å². The number of aromatic nitrogens is 3. The molecule has 0 aliphatic heterocycles. The summed E-state index contributed by atoms with van der Waals surface area (Å²) >= 11 is 1.56. The van der Waals surface area contributed by atoms with Crippen molar-refractivity contribution in [3.8, 4) is 10.6 Å². The highest BCUT2D eigenvalue weighted by atomic mass is 32.1. The Labute approximate surface area is 161 Å². The van der Waals surface area contributed by atoms with Gasteiger partial charge in [0.15, 0.2) is 0 Å². The summed E-state index contributed by atoms with van der Waals surface area (Å²) in [6, 6.07) is 15.9. The number of hydrogen-bond acceptors (Lipinski definition) is 4. The van der Waals surface area contributed by atoms with Crippen LogP contribution in [-0.2, 0) is 11.2 Å². The molecule has 2 heterocycles. The number of para-hydroxylation sites is 2. The number of carbonyl (C=O) groups excluding carboxylic acids is 1. The van der Waals surface area contributed by atoms with Crippen molar-refractivity contribution in [2.45, 2.75) is 26.3 Å². The monoisotopic (exact) mass is 376 g/mol. The average Bonchev–Trinajstić information content (AvgIpc) is 3.29. The van der Waals surface area contributed by atoms with Gasteiger partial charge < -0.3 is 10.3 Å². The number of H-pyrrole nitrogens is 1. The van der Waals surface area contributed by atoms with E-state index in [0.29, 0.717) is 0 Å². The molecule has 5 nitrogen and oxygen atoms in total. The van der Waals surface area contributed by atoms with Crippen molar-refractivity contribution in [1.29, 1.82) is 0 Å². The van der Waals surface area contributed by atoms with Crippen molar-refractivity contribution in [3.63, 3.8) is 0 Å². The van der Waals surface area contributed by atoms with Crippen molar-refractivity contribution in [2.75, 3.05) is 0 Å². The highest BCUT2D eigenvalue weighted by molar-refractivity contribution is 7.13. The molecule has 2 N–H and O–H groups in total. The molecule has 27 heavy (non-hydrogen) atoms. The summed E-state index contributed by atoms with van der Waals surface area (Å²) < 4.78 is 0. The molecule has 1 amide bonds. The minimum atomic E-state index is -0.194. The summed E-state index contributed by atoms with van der Waals surface area (Å²) in [4.78, 5) is 24.8. The number of amides is 1. The third-order valence-corrected chi connectivity index (χ3v) is 5.33. The van der Waals surface area contributed by atoms with Crippen molar-refractivity contribution < 1.29 is 4.79 Å². The van der Waals surface area contributed by atoms with Crippen molar-refractivity contribution in [2.24, 2.45) is 0 Å². The maximum absolute atomic E-state index is 12.4. The molecular formula is C21H20N4OS.